The Morgan fingerprint density at radius 3 is 2.77 bits per heavy atom. The van der Waals surface area contributed by atoms with Crippen LogP contribution in [0.15, 0.2) is 54.7 Å². The summed E-state index contributed by atoms with van der Waals surface area (Å²) in [6.45, 7) is 3.37. The van der Waals surface area contributed by atoms with Crippen molar-refractivity contribution in [1.82, 2.24) is 9.88 Å². The number of nitrogens with zero attached hydrogens (tertiary/aromatic N) is 2. The third-order valence-corrected chi connectivity index (χ3v) is 4.14. The number of nitrogens with one attached hydrogen (secondary N) is 1. The molecular formula is C21H23N3O2. The summed E-state index contributed by atoms with van der Waals surface area (Å²) in [5, 5.41) is 3.91. The standard InChI is InChI=1S/C21H23N3O2/c1-15-14-16(26-13-12-24(2)3)9-10-17(15)21(25)23-20-8-4-7-19-18(20)6-5-11-22-19/h4-11,14H,12-13H2,1-3H3,(H,23,25). The lowest BCUT2D eigenvalue weighted by Gasteiger charge is -2.13. The third kappa shape index (κ3) is 4.18. The van der Waals surface area contributed by atoms with Crippen molar-refractivity contribution < 1.29 is 9.53 Å². The molecule has 0 aliphatic carbocycles. The Kier molecular flexibility index (Phi) is 5.49. The first-order chi connectivity index (χ1) is 12.5. The predicted octanol–water partition coefficient (Wildman–Crippen LogP) is 3.74. The summed E-state index contributed by atoms with van der Waals surface area (Å²) in [6.07, 6.45) is 1.74. The van der Waals surface area contributed by atoms with Gasteiger partial charge in [0, 0.05) is 23.7 Å². The topological polar surface area (TPSA) is 54.5 Å². The number of amides is 1. The van der Waals surface area contributed by atoms with Gasteiger partial charge in [-0.25, -0.2) is 0 Å². The van der Waals surface area contributed by atoms with E-state index < -0.39 is 0 Å². The minimum absolute atomic E-state index is 0.140. The normalized spacial score (nSPS) is 10.9. The van der Waals surface area contributed by atoms with Crippen molar-refractivity contribution in [3.63, 3.8) is 0 Å². The van der Waals surface area contributed by atoms with Crippen molar-refractivity contribution in [3.8, 4) is 5.75 Å². The molecule has 1 amide bonds. The molecule has 0 aliphatic rings. The predicted molar refractivity (Wildman–Crippen MR) is 105 cm³/mol. The number of aryl methyl sites for hydroxylation is 1. The number of aromatic nitrogens is 1. The fraction of sp³-hybridized carbons (Fsp3) is 0.238. The van der Waals surface area contributed by atoms with Gasteiger partial charge in [0.2, 0.25) is 0 Å². The summed E-state index contributed by atoms with van der Waals surface area (Å²) in [5.41, 5.74) is 3.12. The molecule has 1 N–H and O–H groups in total. The van der Waals surface area contributed by atoms with E-state index in [1.165, 1.54) is 0 Å². The number of anilines is 1. The number of rotatable bonds is 6. The molecule has 1 heterocycles. The van der Waals surface area contributed by atoms with Crippen molar-refractivity contribution in [2.24, 2.45) is 0 Å². The molecule has 0 fully saturated rings. The molecule has 3 aromatic rings. The molecule has 1 aromatic heterocycles. The van der Waals surface area contributed by atoms with Crippen molar-refractivity contribution >= 4 is 22.5 Å². The van der Waals surface area contributed by atoms with E-state index in [9.17, 15) is 4.79 Å². The first-order valence-electron chi connectivity index (χ1n) is 8.58. The monoisotopic (exact) mass is 349 g/mol. The van der Waals surface area contributed by atoms with Gasteiger partial charge in [-0.05, 0) is 69.0 Å². The molecule has 5 heteroatoms. The van der Waals surface area contributed by atoms with Crippen molar-refractivity contribution in [2.45, 2.75) is 6.92 Å². The molecule has 2 aromatic carbocycles. The molecule has 0 unspecified atom stereocenters. The maximum absolute atomic E-state index is 12.7. The van der Waals surface area contributed by atoms with E-state index in [1.807, 2.05) is 63.5 Å². The molecule has 0 aliphatic heterocycles. The highest BCUT2D eigenvalue weighted by Gasteiger charge is 2.12. The third-order valence-electron chi connectivity index (χ3n) is 4.14. The highest BCUT2D eigenvalue weighted by Crippen LogP contribution is 2.23. The van der Waals surface area contributed by atoms with Crippen molar-refractivity contribution in [2.75, 3.05) is 32.6 Å². The molecule has 0 radical (unpaired) electrons. The Labute approximate surface area is 153 Å². The minimum Gasteiger partial charge on any atom is -0.492 e. The number of pyridine rings is 1. The average Bonchev–Trinajstić information content (AvgIpc) is 2.62. The lowest BCUT2D eigenvalue weighted by Crippen LogP contribution is -2.19. The van der Waals surface area contributed by atoms with E-state index in [4.69, 9.17) is 4.74 Å². The summed E-state index contributed by atoms with van der Waals surface area (Å²) in [4.78, 5) is 19.1. The number of hydrogen-bond donors (Lipinski definition) is 1. The van der Waals surface area contributed by atoms with Gasteiger partial charge in [-0.2, -0.15) is 0 Å². The van der Waals surface area contributed by atoms with Gasteiger partial charge in [-0.1, -0.05) is 6.07 Å². The van der Waals surface area contributed by atoms with Crippen LogP contribution >= 0.6 is 0 Å². The lowest BCUT2D eigenvalue weighted by molar-refractivity contribution is 0.102. The van der Waals surface area contributed by atoms with Crippen LogP contribution in [0.3, 0.4) is 0 Å². The Hall–Kier alpha value is -2.92. The van der Waals surface area contributed by atoms with Gasteiger partial charge in [0.25, 0.3) is 5.91 Å². The Bertz CT molecular complexity index is 917. The van der Waals surface area contributed by atoms with Gasteiger partial charge in [0.15, 0.2) is 0 Å². The summed E-state index contributed by atoms with van der Waals surface area (Å²) >= 11 is 0. The summed E-state index contributed by atoms with van der Waals surface area (Å²) in [5.74, 6) is 0.633. The second kappa shape index (κ2) is 7.97. The molecular weight excluding hydrogens is 326 g/mol. The fourth-order valence-corrected chi connectivity index (χ4v) is 2.73. The van der Waals surface area contributed by atoms with E-state index in [2.05, 4.69) is 15.2 Å². The number of likely N-dealkylation sites (N-methyl/N-ethyl adjacent to an activating group) is 1. The van der Waals surface area contributed by atoms with Crippen LogP contribution in [0.1, 0.15) is 15.9 Å². The first kappa shape index (κ1) is 17.9. The number of hydrogen-bond acceptors (Lipinski definition) is 4. The second-order valence-electron chi connectivity index (χ2n) is 6.46. The molecule has 0 bridgehead atoms. The SMILES string of the molecule is Cc1cc(OCCN(C)C)ccc1C(=O)Nc1cccc2ncccc12. The van der Waals surface area contributed by atoms with Crippen LogP contribution in [0.4, 0.5) is 5.69 Å². The molecule has 5 nitrogen and oxygen atoms in total. The molecule has 0 spiro atoms. The second-order valence-corrected chi connectivity index (χ2v) is 6.46. The zero-order chi connectivity index (χ0) is 18.5. The van der Waals surface area contributed by atoms with E-state index >= 15 is 0 Å². The van der Waals surface area contributed by atoms with Crippen LogP contribution < -0.4 is 10.1 Å². The van der Waals surface area contributed by atoms with Crippen LogP contribution in [-0.4, -0.2) is 43.0 Å². The molecule has 0 saturated heterocycles. The summed E-state index contributed by atoms with van der Waals surface area (Å²) in [7, 11) is 4.01. The quantitative estimate of drug-likeness (QED) is 0.737. The lowest BCUT2D eigenvalue weighted by atomic mass is 10.1. The van der Waals surface area contributed by atoms with Gasteiger partial charge in [0.1, 0.15) is 12.4 Å². The number of carbonyl (C=O) groups is 1. The van der Waals surface area contributed by atoms with Crippen LogP contribution in [0.2, 0.25) is 0 Å². The van der Waals surface area contributed by atoms with Gasteiger partial charge in [-0.15, -0.1) is 0 Å². The van der Waals surface area contributed by atoms with E-state index in [0.717, 1.165) is 34.4 Å². The Morgan fingerprint density at radius 1 is 1.15 bits per heavy atom. The Balaban J connectivity index is 1.75. The number of fused-ring (bicyclic) bond motifs is 1. The van der Waals surface area contributed by atoms with Gasteiger partial charge >= 0.3 is 0 Å². The van der Waals surface area contributed by atoms with E-state index in [0.29, 0.717) is 12.2 Å². The van der Waals surface area contributed by atoms with Gasteiger partial charge in [0.05, 0.1) is 11.2 Å². The van der Waals surface area contributed by atoms with Crippen LogP contribution in [0.25, 0.3) is 10.9 Å². The molecule has 0 atom stereocenters. The van der Waals surface area contributed by atoms with E-state index in [1.54, 1.807) is 12.3 Å². The maximum atomic E-state index is 12.7. The molecule has 134 valence electrons. The largest absolute Gasteiger partial charge is 0.492 e. The van der Waals surface area contributed by atoms with E-state index in [-0.39, 0.29) is 5.91 Å². The van der Waals surface area contributed by atoms with Crippen LogP contribution in [0, 0.1) is 6.92 Å². The summed E-state index contributed by atoms with van der Waals surface area (Å²) in [6, 6.07) is 15.1. The van der Waals surface area contributed by atoms with Crippen molar-refractivity contribution in [3.05, 3.63) is 65.9 Å². The fourth-order valence-electron chi connectivity index (χ4n) is 2.73. The highest BCUT2D eigenvalue weighted by molar-refractivity contribution is 6.09. The Morgan fingerprint density at radius 2 is 2.00 bits per heavy atom. The minimum atomic E-state index is -0.140. The smallest absolute Gasteiger partial charge is 0.255 e. The van der Waals surface area contributed by atoms with Crippen LogP contribution in [-0.2, 0) is 0 Å². The van der Waals surface area contributed by atoms with Gasteiger partial charge < -0.3 is 15.0 Å². The molecule has 26 heavy (non-hydrogen) atoms. The number of ether oxygens (including phenoxy) is 1. The molecule has 3 rings (SSSR count). The van der Waals surface area contributed by atoms with Crippen molar-refractivity contribution in [1.29, 1.82) is 0 Å². The van der Waals surface area contributed by atoms with Gasteiger partial charge in [-0.3, -0.25) is 9.78 Å². The zero-order valence-corrected chi connectivity index (χ0v) is 15.3. The zero-order valence-electron chi connectivity index (χ0n) is 15.3. The maximum Gasteiger partial charge on any atom is 0.255 e. The van der Waals surface area contributed by atoms with Crippen LogP contribution in [0.5, 0.6) is 5.75 Å². The summed E-state index contributed by atoms with van der Waals surface area (Å²) < 4.78 is 5.73. The number of benzene rings is 2. The average molecular weight is 349 g/mol. The first-order valence-corrected chi connectivity index (χ1v) is 8.58. The number of carbonyl (C=O) groups excluding carboxylic acids is 1. The molecule has 0 saturated carbocycles. The highest BCUT2D eigenvalue weighted by atomic mass is 16.5.